The molecule has 0 bridgehead atoms. The second-order valence-electron chi connectivity index (χ2n) is 7.10. The van der Waals surface area contributed by atoms with Gasteiger partial charge < -0.3 is 5.32 Å². The number of benzene rings is 2. The number of hydrogen-bond acceptors (Lipinski definition) is 6. The Labute approximate surface area is 179 Å². The molecule has 1 amide bonds. The van der Waals surface area contributed by atoms with Gasteiger partial charge in [0, 0.05) is 41.7 Å². The van der Waals surface area contributed by atoms with E-state index in [2.05, 4.69) is 5.32 Å². The minimum atomic E-state index is -3.87. The van der Waals surface area contributed by atoms with E-state index in [1.807, 2.05) is 30.5 Å². The van der Waals surface area contributed by atoms with Crippen molar-refractivity contribution in [1.29, 1.82) is 0 Å². The summed E-state index contributed by atoms with van der Waals surface area (Å²) in [5.41, 5.74) is 0.898. The molecular formula is C20H23N3O5S2. The first-order valence-corrected chi connectivity index (χ1v) is 12.1. The number of carbonyl (C=O) groups excluding carboxylic acids is 1. The predicted octanol–water partition coefficient (Wildman–Crippen LogP) is 3.66. The number of rotatable bonds is 6. The topological polar surface area (TPSA) is 110 Å². The Bertz CT molecular complexity index is 1050. The highest BCUT2D eigenvalue weighted by molar-refractivity contribution is 7.98. The summed E-state index contributed by atoms with van der Waals surface area (Å²) in [5.74, 6) is -0.418. The number of carbonyl (C=O) groups is 1. The highest BCUT2D eigenvalue weighted by Crippen LogP contribution is 2.29. The molecule has 0 aliphatic carbocycles. The molecule has 160 valence electrons. The third kappa shape index (κ3) is 4.82. The van der Waals surface area contributed by atoms with E-state index >= 15 is 0 Å². The quantitative estimate of drug-likeness (QED) is 0.409. The van der Waals surface area contributed by atoms with Crippen LogP contribution in [0.25, 0.3) is 0 Å². The zero-order chi connectivity index (χ0) is 21.9. The zero-order valence-electron chi connectivity index (χ0n) is 16.7. The van der Waals surface area contributed by atoms with E-state index in [4.69, 9.17) is 0 Å². The Morgan fingerprint density at radius 3 is 2.37 bits per heavy atom. The monoisotopic (exact) mass is 449 g/mol. The molecule has 8 nitrogen and oxygen atoms in total. The van der Waals surface area contributed by atoms with E-state index < -0.39 is 14.9 Å². The molecular weight excluding hydrogens is 426 g/mol. The molecule has 0 aromatic heterocycles. The van der Waals surface area contributed by atoms with E-state index in [0.717, 1.165) is 11.0 Å². The number of non-ortho nitro benzene ring substituents is 1. The molecule has 1 aliphatic rings. The highest BCUT2D eigenvalue weighted by Gasteiger charge is 2.33. The van der Waals surface area contributed by atoms with Crippen LogP contribution >= 0.6 is 11.8 Å². The van der Waals surface area contributed by atoms with Crippen LogP contribution in [0.3, 0.4) is 0 Å². The van der Waals surface area contributed by atoms with Crippen molar-refractivity contribution < 1.29 is 18.1 Å². The van der Waals surface area contributed by atoms with Gasteiger partial charge in [-0.25, -0.2) is 8.42 Å². The van der Waals surface area contributed by atoms with Gasteiger partial charge in [0.25, 0.3) is 5.69 Å². The second-order valence-corrected chi connectivity index (χ2v) is 9.89. The van der Waals surface area contributed by atoms with Gasteiger partial charge in [0.05, 0.1) is 9.82 Å². The molecule has 30 heavy (non-hydrogen) atoms. The number of aryl methyl sites for hydroxylation is 1. The molecule has 1 saturated heterocycles. The minimum Gasteiger partial charge on any atom is -0.326 e. The van der Waals surface area contributed by atoms with E-state index in [-0.39, 0.29) is 35.5 Å². The Morgan fingerprint density at radius 2 is 1.80 bits per heavy atom. The summed E-state index contributed by atoms with van der Waals surface area (Å²) in [7, 11) is -3.87. The lowest BCUT2D eigenvalue weighted by molar-refractivity contribution is -0.385. The Balaban J connectivity index is 1.66. The maximum atomic E-state index is 13.0. The highest BCUT2D eigenvalue weighted by atomic mass is 32.2. The molecule has 1 aliphatic heterocycles. The average molecular weight is 450 g/mol. The van der Waals surface area contributed by atoms with Gasteiger partial charge >= 0.3 is 0 Å². The summed E-state index contributed by atoms with van der Waals surface area (Å²) in [6.45, 7) is 1.99. The Kier molecular flexibility index (Phi) is 6.79. The van der Waals surface area contributed by atoms with Gasteiger partial charge in [-0.2, -0.15) is 4.31 Å². The van der Waals surface area contributed by atoms with Crippen molar-refractivity contribution in [2.45, 2.75) is 29.6 Å². The van der Waals surface area contributed by atoms with Gasteiger partial charge in [0.2, 0.25) is 15.9 Å². The van der Waals surface area contributed by atoms with Crippen molar-refractivity contribution in [3.05, 3.63) is 58.1 Å². The number of amides is 1. The summed E-state index contributed by atoms with van der Waals surface area (Å²) in [4.78, 5) is 24.0. The molecule has 2 aromatic rings. The number of nitro groups is 1. The van der Waals surface area contributed by atoms with E-state index in [1.165, 1.54) is 16.4 Å². The normalized spacial score (nSPS) is 15.7. The number of nitrogens with one attached hydrogen (secondary N) is 1. The fraction of sp³-hybridized carbons (Fsp3) is 0.350. The number of nitro benzene ring substituents is 1. The molecule has 3 rings (SSSR count). The Hall–Kier alpha value is -2.43. The van der Waals surface area contributed by atoms with Gasteiger partial charge in [0.15, 0.2) is 0 Å². The van der Waals surface area contributed by atoms with E-state index in [1.54, 1.807) is 18.7 Å². The summed E-state index contributed by atoms with van der Waals surface area (Å²) in [6, 6.07) is 11.4. The molecule has 1 heterocycles. The number of sulfonamides is 1. The molecule has 0 saturated carbocycles. The first-order valence-electron chi connectivity index (χ1n) is 9.42. The van der Waals surface area contributed by atoms with Crippen LogP contribution in [0.1, 0.15) is 18.4 Å². The Morgan fingerprint density at radius 1 is 1.17 bits per heavy atom. The molecule has 0 unspecified atom stereocenters. The number of thioether (sulfide) groups is 1. The first kappa shape index (κ1) is 22.3. The van der Waals surface area contributed by atoms with Crippen molar-refractivity contribution in [2.75, 3.05) is 24.7 Å². The third-order valence-corrected chi connectivity index (χ3v) is 7.97. The van der Waals surface area contributed by atoms with Gasteiger partial charge in [-0.15, -0.1) is 11.8 Å². The second kappa shape index (κ2) is 9.15. The standard InChI is InChI=1S/C20H23N3O5S2/c1-14-3-6-17(23(25)26)13-19(14)30(27,28)22-11-9-15(10-12-22)20(24)21-16-4-7-18(29-2)8-5-16/h3-8,13,15H,9-12H2,1-2H3,(H,21,24). The molecule has 2 aromatic carbocycles. The van der Waals surface area contributed by atoms with Crippen LogP contribution in [0.15, 0.2) is 52.3 Å². The molecule has 0 spiro atoms. The molecule has 0 atom stereocenters. The van der Waals surface area contributed by atoms with Gasteiger partial charge in [-0.1, -0.05) is 6.07 Å². The van der Waals surface area contributed by atoms with Crippen LogP contribution in [0.4, 0.5) is 11.4 Å². The molecule has 10 heteroatoms. The fourth-order valence-corrected chi connectivity index (χ4v) is 5.52. The van der Waals surface area contributed by atoms with Crippen LogP contribution < -0.4 is 5.32 Å². The minimum absolute atomic E-state index is 0.0616. The number of nitrogens with zero attached hydrogens (tertiary/aromatic N) is 2. The van der Waals surface area contributed by atoms with Crippen LogP contribution in [0.5, 0.6) is 0 Å². The summed E-state index contributed by atoms with van der Waals surface area (Å²) < 4.78 is 27.3. The van der Waals surface area contributed by atoms with E-state index in [0.29, 0.717) is 24.1 Å². The lowest BCUT2D eigenvalue weighted by atomic mass is 9.97. The number of anilines is 1. The zero-order valence-corrected chi connectivity index (χ0v) is 18.3. The largest absolute Gasteiger partial charge is 0.326 e. The summed E-state index contributed by atoms with van der Waals surface area (Å²) in [6.07, 6.45) is 2.76. The lowest BCUT2D eigenvalue weighted by Gasteiger charge is -2.30. The SMILES string of the molecule is CSc1ccc(NC(=O)C2CCN(S(=O)(=O)c3cc([N+](=O)[O-])ccc3C)CC2)cc1. The van der Waals surface area contributed by atoms with Crippen molar-refractivity contribution in [3.63, 3.8) is 0 Å². The lowest BCUT2D eigenvalue weighted by Crippen LogP contribution is -2.41. The molecule has 1 fully saturated rings. The smallest absolute Gasteiger partial charge is 0.270 e. The van der Waals surface area contributed by atoms with Crippen LogP contribution in [-0.2, 0) is 14.8 Å². The number of piperidine rings is 1. The van der Waals surface area contributed by atoms with Crippen molar-refractivity contribution in [1.82, 2.24) is 4.31 Å². The van der Waals surface area contributed by atoms with Gasteiger partial charge in [-0.05, 0) is 55.9 Å². The van der Waals surface area contributed by atoms with Gasteiger partial charge in [-0.3, -0.25) is 14.9 Å². The molecule has 0 radical (unpaired) electrons. The number of hydrogen-bond donors (Lipinski definition) is 1. The van der Waals surface area contributed by atoms with Crippen molar-refractivity contribution in [3.8, 4) is 0 Å². The van der Waals surface area contributed by atoms with Crippen LogP contribution in [0, 0.1) is 23.0 Å². The molecule has 1 N–H and O–H groups in total. The van der Waals surface area contributed by atoms with Crippen LogP contribution in [-0.4, -0.2) is 42.9 Å². The van der Waals surface area contributed by atoms with E-state index in [9.17, 15) is 23.3 Å². The predicted molar refractivity (Wildman–Crippen MR) is 116 cm³/mol. The summed E-state index contributed by atoms with van der Waals surface area (Å²) >= 11 is 1.62. The average Bonchev–Trinajstić information content (AvgIpc) is 2.74. The van der Waals surface area contributed by atoms with Gasteiger partial charge in [0.1, 0.15) is 0 Å². The summed E-state index contributed by atoms with van der Waals surface area (Å²) in [5, 5.41) is 13.9. The maximum Gasteiger partial charge on any atom is 0.270 e. The van der Waals surface area contributed by atoms with Crippen LogP contribution in [0.2, 0.25) is 0 Å². The third-order valence-electron chi connectivity index (χ3n) is 5.18. The fourth-order valence-electron chi connectivity index (χ4n) is 3.40. The maximum absolute atomic E-state index is 13.0. The first-order chi connectivity index (χ1) is 14.2. The van der Waals surface area contributed by atoms with Crippen molar-refractivity contribution in [2.24, 2.45) is 5.92 Å². The van der Waals surface area contributed by atoms with Crippen molar-refractivity contribution >= 4 is 39.1 Å².